The number of likely N-dealkylation sites (tertiary alicyclic amines) is 1. The molecule has 0 N–H and O–H groups in total. The number of benzene rings is 2. The van der Waals surface area contributed by atoms with Crippen molar-refractivity contribution in [3.8, 4) is 5.75 Å². The van der Waals surface area contributed by atoms with Crippen LogP contribution in [-0.2, 0) is 0 Å². The fraction of sp³-hybridized carbons (Fsp3) is 0.240. The third kappa shape index (κ3) is 2.32. The molecule has 2 aliphatic heterocycles. The highest BCUT2D eigenvalue weighted by atomic mass is 16.5. The minimum Gasteiger partial charge on any atom is -0.478 e. The number of carbonyl (C=O) groups is 2. The zero-order chi connectivity index (χ0) is 20.4. The summed E-state index contributed by atoms with van der Waals surface area (Å²) in [5.41, 5.74) is 4.87. The molecule has 0 aromatic heterocycles. The Hall–Kier alpha value is -3.47. The average Bonchev–Trinajstić information content (AvgIpc) is 3.30. The Kier molecular flexibility index (Phi) is 3.63. The Morgan fingerprint density at radius 1 is 0.933 bits per heavy atom. The molecule has 0 amide bonds. The van der Waals surface area contributed by atoms with E-state index in [0.717, 1.165) is 42.9 Å². The Bertz CT molecular complexity index is 1230. The summed E-state index contributed by atoms with van der Waals surface area (Å²) in [6, 6.07) is 12.9. The molecule has 5 nitrogen and oxygen atoms in total. The number of nitrogens with zero attached hydrogens (tertiary/aromatic N) is 2. The van der Waals surface area contributed by atoms with Gasteiger partial charge in [-0.2, -0.15) is 0 Å². The first-order chi connectivity index (χ1) is 14.6. The maximum Gasteiger partial charge on any atom is 0.196 e. The van der Waals surface area contributed by atoms with E-state index in [1.807, 2.05) is 31.2 Å². The van der Waals surface area contributed by atoms with Crippen LogP contribution in [0.3, 0.4) is 0 Å². The van der Waals surface area contributed by atoms with Gasteiger partial charge >= 0.3 is 0 Å². The maximum atomic E-state index is 13.6. The van der Waals surface area contributed by atoms with Gasteiger partial charge in [0.25, 0.3) is 0 Å². The lowest BCUT2D eigenvalue weighted by Crippen LogP contribution is -2.42. The summed E-state index contributed by atoms with van der Waals surface area (Å²) >= 11 is 0. The molecule has 1 unspecified atom stereocenters. The number of para-hydroxylation sites is 1. The molecule has 0 bridgehead atoms. The van der Waals surface area contributed by atoms with E-state index in [-0.39, 0.29) is 11.6 Å². The number of allylic oxidation sites excluding steroid dienone is 1. The Labute approximate surface area is 174 Å². The summed E-state index contributed by atoms with van der Waals surface area (Å²) in [5, 5.41) is 0. The second-order valence-corrected chi connectivity index (χ2v) is 8.16. The number of fused-ring (bicyclic) bond motifs is 4. The van der Waals surface area contributed by atoms with Crippen LogP contribution in [0, 0.1) is 6.92 Å². The summed E-state index contributed by atoms with van der Waals surface area (Å²) in [7, 11) is 0. The van der Waals surface area contributed by atoms with Gasteiger partial charge in [0.15, 0.2) is 17.7 Å². The van der Waals surface area contributed by atoms with Gasteiger partial charge in [0, 0.05) is 29.9 Å². The lowest BCUT2D eigenvalue weighted by molar-refractivity contribution is 0.0975. The van der Waals surface area contributed by atoms with E-state index in [0.29, 0.717) is 33.7 Å². The average molecular weight is 396 g/mol. The van der Waals surface area contributed by atoms with Crippen LogP contribution in [0.15, 0.2) is 70.4 Å². The molecule has 2 aromatic carbocycles. The number of ketones is 2. The molecule has 1 atom stereocenters. The number of ether oxygens (including phenoxy) is 1. The van der Waals surface area contributed by atoms with Crippen molar-refractivity contribution in [2.45, 2.75) is 25.9 Å². The summed E-state index contributed by atoms with van der Waals surface area (Å²) in [4.78, 5) is 34.3. The molecule has 2 heterocycles. The summed E-state index contributed by atoms with van der Waals surface area (Å²) in [6.45, 7) is 3.72. The van der Waals surface area contributed by atoms with Crippen LogP contribution in [0.1, 0.15) is 39.1 Å². The predicted molar refractivity (Wildman–Crippen MR) is 114 cm³/mol. The lowest BCUT2D eigenvalue weighted by atomic mass is 9.76. The van der Waals surface area contributed by atoms with Crippen molar-refractivity contribution in [1.29, 1.82) is 0 Å². The molecule has 1 saturated heterocycles. The Balaban J connectivity index is 1.62. The van der Waals surface area contributed by atoms with Crippen molar-refractivity contribution in [1.82, 2.24) is 4.90 Å². The van der Waals surface area contributed by atoms with Crippen LogP contribution in [0.25, 0.3) is 0 Å². The van der Waals surface area contributed by atoms with Gasteiger partial charge in [-0.25, -0.2) is 4.99 Å². The highest BCUT2D eigenvalue weighted by Gasteiger charge is 2.44. The Morgan fingerprint density at radius 2 is 1.63 bits per heavy atom. The van der Waals surface area contributed by atoms with Gasteiger partial charge < -0.3 is 9.64 Å². The summed E-state index contributed by atoms with van der Waals surface area (Å²) < 4.78 is 6.30. The van der Waals surface area contributed by atoms with Gasteiger partial charge in [-0.1, -0.05) is 36.4 Å². The maximum absolute atomic E-state index is 13.6. The molecular formula is C25H20N2O3. The van der Waals surface area contributed by atoms with Crippen LogP contribution in [-0.4, -0.2) is 41.4 Å². The van der Waals surface area contributed by atoms with Crippen molar-refractivity contribution >= 4 is 23.0 Å². The van der Waals surface area contributed by atoms with E-state index in [1.165, 1.54) is 0 Å². The van der Waals surface area contributed by atoms with Crippen LogP contribution >= 0.6 is 0 Å². The van der Waals surface area contributed by atoms with Gasteiger partial charge in [-0.05, 0) is 37.5 Å². The minimum absolute atomic E-state index is 0.102. The molecule has 0 radical (unpaired) electrons. The third-order valence-corrected chi connectivity index (χ3v) is 6.35. The number of carbonyl (C=O) groups excluding carboxylic acids is 2. The first-order valence-electron chi connectivity index (χ1n) is 10.4. The molecule has 2 aliphatic carbocycles. The van der Waals surface area contributed by atoms with Crippen molar-refractivity contribution in [2.24, 2.45) is 4.99 Å². The van der Waals surface area contributed by atoms with Gasteiger partial charge in [0.05, 0.1) is 16.9 Å². The van der Waals surface area contributed by atoms with Crippen molar-refractivity contribution < 1.29 is 14.3 Å². The first kappa shape index (κ1) is 17.4. The van der Waals surface area contributed by atoms with Crippen molar-refractivity contribution in [3.63, 3.8) is 0 Å². The summed E-state index contributed by atoms with van der Waals surface area (Å²) in [5.74, 6) is 0.462. The number of Topliss-reactive ketones (excluding diaryl/α,β-unsaturated/α-hetero) is 2. The second-order valence-electron chi connectivity index (χ2n) is 8.16. The molecule has 30 heavy (non-hydrogen) atoms. The fourth-order valence-corrected chi connectivity index (χ4v) is 4.87. The number of hydrogen-bond acceptors (Lipinski definition) is 5. The minimum atomic E-state index is -0.476. The standard InChI is InChI=1S/C25H20N2O3/c1-14-7-6-10-18-22(14)26-23-19(30-18)13-17(27-11-4-5-12-27)20-21(23)25(29)16-9-3-2-8-15(16)24(20)28/h2-3,6-10,13,19H,4-5,11-12H2,1H3. The summed E-state index contributed by atoms with van der Waals surface area (Å²) in [6.07, 6.45) is 3.66. The molecule has 5 heteroatoms. The van der Waals surface area contributed by atoms with E-state index in [2.05, 4.69) is 4.90 Å². The molecule has 148 valence electrons. The SMILES string of the molecule is Cc1cccc2c1N=C1C3=C(C(=O)c4ccccc4C3=O)C(N3CCCC3)=CC1O2. The molecule has 1 fully saturated rings. The predicted octanol–water partition coefficient (Wildman–Crippen LogP) is 4.20. The monoisotopic (exact) mass is 396 g/mol. The van der Waals surface area contributed by atoms with E-state index in [9.17, 15) is 9.59 Å². The lowest BCUT2D eigenvalue weighted by Gasteiger charge is -2.36. The zero-order valence-electron chi connectivity index (χ0n) is 16.6. The van der Waals surface area contributed by atoms with Gasteiger partial charge in [0.2, 0.25) is 0 Å². The fourth-order valence-electron chi connectivity index (χ4n) is 4.87. The molecule has 6 rings (SSSR count). The highest BCUT2D eigenvalue weighted by Crippen LogP contribution is 2.43. The van der Waals surface area contributed by atoms with Crippen LogP contribution in [0.5, 0.6) is 5.75 Å². The van der Waals surface area contributed by atoms with Crippen LogP contribution < -0.4 is 4.74 Å². The number of rotatable bonds is 1. The molecular weight excluding hydrogens is 376 g/mol. The van der Waals surface area contributed by atoms with Crippen molar-refractivity contribution in [3.05, 3.63) is 82.1 Å². The van der Waals surface area contributed by atoms with E-state index < -0.39 is 6.10 Å². The van der Waals surface area contributed by atoms with E-state index >= 15 is 0 Å². The quantitative estimate of drug-likeness (QED) is 0.725. The van der Waals surface area contributed by atoms with E-state index in [4.69, 9.17) is 9.73 Å². The topological polar surface area (TPSA) is 59.0 Å². The van der Waals surface area contributed by atoms with Crippen molar-refractivity contribution in [2.75, 3.05) is 13.1 Å². The zero-order valence-corrected chi connectivity index (χ0v) is 16.6. The van der Waals surface area contributed by atoms with Gasteiger partial charge in [-0.3, -0.25) is 9.59 Å². The second kappa shape index (κ2) is 6.26. The largest absolute Gasteiger partial charge is 0.478 e. The molecule has 2 aromatic rings. The van der Waals surface area contributed by atoms with E-state index in [1.54, 1.807) is 24.3 Å². The number of hydrogen-bond donors (Lipinski definition) is 0. The molecule has 4 aliphatic rings. The highest BCUT2D eigenvalue weighted by molar-refractivity contribution is 6.40. The third-order valence-electron chi connectivity index (χ3n) is 6.35. The van der Waals surface area contributed by atoms with Gasteiger partial charge in [-0.15, -0.1) is 0 Å². The number of aliphatic imine (C=N–C) groups is 1. The molecule has 0 spiro atoms. The van der Waals surface area contributed by atoms with Crippen LogP contribution in [0.4, 0.5) is 5.69 Å². The first-order valence-corrected chi connectivity index (χ1v) is 10.4. The number of aryl methyl sites for hydroxylation is 1. The Morgan fingerprint density at radius 3 is 2.37 bits per heavy atom. The van der Waals surface area contributed by atoms with Gasteiger partial charge in [0.1, 0.15) is 11.4 Å². The van der Waals surface area contributed by atoms with Crippen LogP contribution in [0.2, 0.25) is 0 Å². The normalized spacial score (nSPS) is 21.9. The molecule has 0 saturated carbocycles. The smallest absolute Gasteiger partial charge is 0.196 e.